The van der Waals surface area contributed by atoms with Gasteiger partial charge in [-0.05, 0) is 86.3 Å². The Balaban J connectivity index is 1.12. The van der Waals surface area contributed by atoms with Crippen LogP contribution in [0.1, 0.15) is 36.8 Å². The number of hydrogen-bond acceptors (Lipinski definition) is 5. The molecule has 172 valence electrons. The topological polar surface area (TPSA) is 46.6 Å². The van der Waals surface area contributed by atoms with E-state index < -0.39 is 0 Å². The predicted octanol–water partition coefficient (Wildman–Crippen LogP) is 5.05. The molecule has 2 unspecified atom stereocenters. The van der Waals surface area contributed by atoms with E-state index in [1.807, 2.05) is 30.5 Å². The number of benzene rings is 2. The van der Waals surface area contributed by atoms with E-state index in [9.17, 15) is 0 Å². The third-order valence-electron chi connectivity index (χ3n) is 7.12. The minimum atomic E-state index is 0.345. The smallest absolute Gasteiger partial charge is 0.120 e. The molecule has 5 heteroatoms. The zero-order valence-electron chi connectivity index (χ0n) is 19.5. The normalized spacial score (nSPS) is 22.3. The number of nitrogens with one attached hydrogen (secondary N) is 1. The average molecular weight is 444 g/mol. The highest BCUT2D eigenvalue weighted by molar-refractivity contribution is 5.60. The molecular formula is C28H33N3O2. The van der Waals surface area contributed by atoms with Gasteiger partial charge in [-0.2, -0.15) is 0 Å². The lowest BCUT2D eigenvalue weighted by molar-refractivity contribution is 0.0661. The van der Waals surface area contributed by atoms with Gasteiger partial charge in [-0.1, -0.05) is 18.2 Å². The molecule has 0 saturated carbocycles. The Morgan fingerprint density at radius 3 is 2.36 bits per heavy atom. The largest absolute Gasteiger partial charge is 0.497 e. The molecule has 0 radical (unpaired) electrons. The van der Waals surface area contributed by atoms with E-state index in [1.54, 1.807) is 7.11 Å². The van der Waals surface area contributed by atoms with Gasteiger partial charge >= 0.3 is 0 Å². The van der Waals surface area contributed by atoms with Crippen LogP contribution in [0.3, 0.4) is 0 Å². The van der Waals surface area contributed by atoms with Crippen molar-refractivity contribution >= 4 is 0 Å². The Hall–Kier alpha value is -2.89. The molecule has 2 aromatic carbocycles. The highest BCUT2D eigenvalue weighted by Crippen LogP contribution is 2.36. The van der Waals surface area contributed by atoms with Crippen LogP contribution >= 0.6 is 0 Å². The van der Waals surface area contributed by atoms with Gasteiger partial charge in [0, 0.05) is 36.9 Å². The van der Waals surface area contributed by atoms with Crippen molar-refractivity contribution < 1.29 is 9.47 Å². The van der Waals surface area contributed by atoms with Gasteiger partial charge in [0.25, 0.3) is 0 Å². The second-order valence-corrected chi connectivity index (χ2v) is 9.29. The highest BCUT2D eigenvalue weighted by Gasteiger charge is 2.39. The van der Waals surface area contributed by atoms with Crippen molar-refractivity contribution in [2.75, 3.05) is 14.2 Å². The molecule has 2 bridgehead atoms. The molecule has 2 atom stereocenters. The zero-order valence-corrected chi connectivity index (χ0v) is 19.5. The van der Waals surface area contributed by atoms with Crippen LogP contribution in [0.25, 0.3) is 11.3 Å². The Bertz CT molecular complexity index is 1040. The maximum absolute atomic E-state index is 6.39. The molecular weight excluding hydrogens is 410 g/mol. The standard InChI is InChI=1S/C28H33N3O2/c1-31-23-9-10-24(31)16-27(15-23)33-26-5-3-4-20(14-26)17-29-18-21-6-13-28(30-19-21)22-7-11-25(32-2)12-8-22/h3-8,11-14,19,23-24,27,29H,9-10,15-18H2,1-2H3. The molecule has 1 N–H and O–H groups in total. The minimum Gasteiger partial charge on any atom is -0.497 e. The first kappa shape index (κ1) is 21.9. The summed E-state index contributed by atoms with van der Waals surface area (Å²) >= 11 is 0. The molecule has 1 aromatic heterocycles. The monoisotopic (exact) mass is 443 g/mol. The number of nitrogens with zero attached hydrogens (tertiary/aromatic N) is 2. The lowest BCUT2D eigenvalue weighted by Crippen LogP contribution is -2.43. The molecule has 2 saturated heterocycles. The second kappa shape index (κ2) is 9.94. The summed E-state index contributed by atoms with van der Waals surface area (Å²) in [6.45, 7) is 1.58. The van der Waals surface area contributed by atoms with E-state index in [-0.39, 0.29) is 0 Å². The molecule has 3 heterocycles. The first-order chi connectivity index (χ1) is 16.2. The van der Waals surface area contributed by atoms with E-state index in [4.69, 9.17) is 9.47 Å². The van der Waals surface area contributed by atoms with Crippen LogP contribution in [0.15, 0.2) is 66.9 Å². The lowest BCUT2D eigenvalue weighted by Gasteiger charge is -2.36. The van der Waals surface area contributed by atoms with Crippen LogP contribution in [0.4, 0.5) is 0 Å². The van der Waals surface area contributed by atoms with Crippen molar-refractivity contribution in [3.63, 3.8) is 0 Å². The van der Waals surface area contributed by atoms with Crippen LogP contribution in [-0.4, -0.2) is 42.2 Å². The number of pyridine rings is 1. The molecule has 0 spiro atoms. The third-order valence-corrected chi connectivity index (χ3v) is 7.12. The fraction of sp³-hybridized carbons (Fsp3) is 0.393. The molecule has 0 amide bonds. The van der Waals surface area contributed by atoms with Crippen LogP contribution in [0.5, 0.6) is 11.5 Å². The van der Waals surface area contributed by atoms with Gasteiger partial charge < -0.3 is 19.7 Å². The lowest BCUT2D eigenvalue weighted by atomic mass is 10.0. The van der Waals surface area contributed by atoms with Gasteiger partial charge in [0.05, 0.1) is 12.8 Å². The van der Waals surface area contributed by atoms with Crippen LogP contribution in [0, 0.1) is 0 Å². The number of methoxy groups -OCH3 is 1. The summed E-state index contributed by atoms with van der Waals surface area (Å²) in [5.41, 5.74) is 4.46. The Morgan fingerprint density at radius 2 is 1.67 bits per heavy atom. The van der Waals surface area contributed by atoms with E-state index in [1.165, 1.54) is 24.0 Å². The van der Waals surface area contributed by atoms with Crippen LogP contribution in [-0.2, 0) is 13.1 Å². The molecule has 0 aliphatic carbocycles. The predicted molar refractivity (Wildman–Crippen MR) is 131 cm³/mol. The molecule has 33 heavy (non-hydrogen) atoms. The Morgan fingerprint density at radius 1 is 0.909 bits per heavy atom. The number of rotatable bonds is 8. The van der Waals surface area contributed by atoms with E-state index in [0.29, 0.717) is 18.2 Å². The molecule has 3 aromatic rings. The first-order valence-corrected chi connectivity index (χ1v) is 12.0. The Labute approximate surface area is 196 Å². The van der Waals surface area contributed by atoms with Crippen molar-refractivity contribution in [1.29, 1.82) is 0 Å². The summed E-state index contributed by atoms with van der Waals surface area (Å²) in [5, 5.41) is 3.53. The average Bonchev–Trinajstić information content (AvgIpc) is 3.05. The van der Waals surface area contributed by atoms with E-state index >= 15 is 0 Å². The van der Waals surface area contributed by atoms with Crippen LogP contribution < -0.4 is 14.8 Å². The van der Waals surface area contributed by atoms with Crippen molar-refractivity contribution in [2.24, 2.45) is 0 Å². The molecule has 2 aliphatic rings. The summed E-state index contributed by atoms with van der Waals surface area (Å²) < 4.78 is 11.6. The first-order valence-electron chi connectivity index (χ1n) is 12.0. The van der Waals surface area contributed by atoms with Gasteiger partial charge in [-0.15, -0.1) is 0 Å². The number of fused-ring (bicyclic) bond motifs is 2. The molecule has 5 rings (SSSR count). The second-order valence-electron chi connectivity index (χ2n) is 9.29. The summed E-state index contributed by atoms with van der Waals surface area (Å²) in [6.07, 6.45) is 7.23. The van der Waals surface area contributed by atoms with Crippen molar-refractivity contribution in [3.05, 3.63) is 78.0 Å². The maximum Gasteiger partial charge on any atom is 0.120 e. The summed E-state index contributed by atoms with van der Waals surface area (Å²) in [6, 6.07) is 22.1. The van der Waals surface area contributed by atoms with E-state index in [0.717, 1.165) is 48.7 Å². The summed E-state index contributed by atoms with van der Waals surface area (Å²) in [7, 11) is 3.95. The number of piperidine rings is 1. The van der Waals surface area contributed by atoms with Crippen molar-refractivity contribution in [3.8, 4) is 22.8 Å². The van der Waals surface area contributed by atoms with Gasteiger partial charge in [0.15, 0.2) is 0 Å². The SMILES string of the molecule is COc1ccc(-c2ccc(CNCc3cccc(OC4CC5CCC(C4)N5C)c3)cn2)cc1. The quantitative estimate of drug-likeness (QED) is 0.528. The number of aromatic nitrogens is 1. The van der Waals surface area contributed by atoms with Gasteiger partial charge in [0.1, 0.15) is 17.6 Å². The summed E-state index contributed by atoms with van der Waals surface area (Å²) in [4.78, 5) is 7.18. The van der Waals surface area contributed by atoms with E-state index in [2.05, 4.69) is 58.6 Å². The summed E-state index contributed by atoms with van der Waals surface area (Å²) in [5.74, 6) is 1.85. The molecule has 2 fully saturated rings. The highest BCUT2D eigenvalue weighted by atomic mass is 16.5. The van der Waals surface area contributed by atoms with Gasteiger partial charge in [-0.25, -0.2) is 0 Å². The van der Waals surface area contributed by atoms with Gasteiger partial charge in [-0.3, -0.25) is 4.98 Å². The maximum atomic E-state index is 6.39. The Kier molecular flexibility index (Phi) is 6.60. The third kappa shape index (κ3) is 5.21. The zero-order chi connectivity index (χ0) is 22.6. The van der Waals surface area contributed by atoms with Crippen molar-refractivity contribution in [2.45, 2.75) is 57.0 Å². The fourth-order valence-corrected chi connectivity index (χ4v) is 5.19. The minimum absolute atomic E-state index is 0.345. The molecule has 2 aliphatic heterocycles. The van der Waals surface area contributed by atoms with Crippen molar-refractivity contribution in [1.82, 2.24) is 15.2 Å². The number of ether oxygens (including phenoxy) is 2. The van der Waals surface area contributed by atoms with Crippen LogP contribution in [0.2, 0.25) is 0 Å². The van der Waals surface area contributed by atoms with Gasteiger partial charge in [0.2, 0.25) is 0 Å². The fourth-order valence-electron chi connectivity index (χ4n) is 5.19. The number of hydrogen-bond donors (Lipinski definition) is 1. The molecule has 5 nitrogen and oxygen atoms in total.